The molecule has 0 aliphatic rings. The van der Waals surface area contributed by atoms with Gasteiger partial charge in [-0.2, -0.15) is 0 Å². The maximum Gasteiger partial charge on any atom is 0.372 e. The molecule has 0 aliphatic heterocycles. The molecule has 0 rings (SSSR count). The van der Waals surface area contributed by atoms with Gasteiger partial charge >= 0.3 is 11.9 Å². The summed E-state index contributed by atoms with van der Waals surface area (Å²) in [6.45, 7) is 2.27. The molecule has 0 aromatic rings. The number of nitrogens with two attached hydrogens (primary N) is 1. The first kappa shape index (κ1) is 29.3. The van der Waals surface area contributed by atoms with E-state index in [1.54, 1.807) is 0 Å². The molecule has 11 nitrogen and oxygen atoms in total. The predicted molar refractivity (Wildman–Crippen MR) is 96.0 cm³/mol. The Morgan fingerprint density at radius 2 is 1.44 bits per heavy atom. The summed E-state index contributed by atoms with van der Waals surface area (Å²) in [5.41, 5.74) is 5.09. The fraction of sp³-hybridized carbons (Fsp3) is 0.700. The molecule has 0 aliphatic carbocycles. The Labute approximate surface area is 148 Å². The van der Waals surface area contributed by atoms with Crippen LogP contribution in [0.25, 0.3) is 0 Å². The first-order valence-electron chi connectivity index (χ1n) is 6.43. The summed E-state index contributed by atoms with van der Waals surface area (Å²) in [6, 6.07) is -1.03. The van der Waals surface area contributed by atoms with Crippen molar-refractivity contribution >= 4 is 49.5 Å². The molecule has 0 amide bonds. The first-order chi connectivity index (χ1) is 11.1. The van der Waals surface area contributed by atoms with Crippen molar-refractivity contribution in [3.8, 4) is 0 Å². The van der Waals surface area contributed by atoms with Crippen LogP contribution in [0, 0.1) is 0 Å². The number of rotatable bonds is 8. The standard InChI is InChI=1S/C5H12NO4P.C5H9O5P.H2OP2/c2*1-11(9,10)3-2-4(6)5(7)8;1-3-2/h4H,2-3,6H2,1H3,(H,7,8)(H,9,10);2-3H2,1H3,(H,7,8)(H,9,10);2H2/t4-;;/m0../s1. The minimum atomic E-state index is -3.24. The van der Waals surface area contributed by atoms with Gasteiger partial charge < -0.3 is 25.7 Å². The van der Waals surface area contributed by atoms with Crippen molar-refractivity contribution in [3.05, 3.63) is 0 Å². The van der Waals surface area contributed by atoms with Gasteiger partial charge in [0.2, 0.25) is 5.78 Å². The van der Waals surface area contributed by atoms with Crippen LogP contribution >= 0.6 is 31.8 Å². The molecule has 0 bridgehead atoms. The minimum Gasteiger partial charge on any atom is -0.480 e. The molecule has 0 radical (unpaired) electrons. The molecule has 148 valence electrons. The van der Waals surface area contributed by atoms with Crippen LogP contribution in [0.4, 0.5) is 0 Å². The molecule has 15 heteroatoms. The van der Waals surface area contributed by atoms with Crippen LogP contribution in [0.1, 0.15) is 12.8 Å². The summed E-state index contributed by atoms with van der Waals surface area (Å²) < 4.78 is 30.1. The fourth-order valence-corrected chi connectivity index (χ4v) is 2.29. The number of Topliss-reactive ketones (excluding diaryl/α,β-unsaturated/α-hetero) is 1. The summed E-state index contributed by atoms with van der Waals surface area (Å²) in [4.78, 5) is 47.8. The Morgan fingerprint density at radius 3 is 1.68 bits per heavy atom. The lowest BCUT2D eigenvalue weighted by molar-refractivity contribution is -0.148. The largest absolute Gasteiger partial charge is 0.480 e. The average Bonchev–Trinajstić information content (AvgIpc) is 2.41. The van der Waals surface area contributed by atoms with Crippen molar-refractivity contribution in [1.82, 2.24) is 0 Å². The monoisotopic (exact) mass is 441 g/mol. The zero-order chi connectivity index (χ0) is 20.8. The molecule has 0 aromatic heterocycles. The number of carboxylic acid groups (broad SMARTS) is 2. The van der Waals surface area contributed by atoms with E-state index in [4.69, 9.17) is 30.3 Å². The van der Waals surface area contributed by atoms with Crippen molar-refractivity contribution in [1.29, 1.82) is 0 Å². The van der Waals surface area contributed by atoms with E-state index in [2.05, 4.69) is 0 Å². The predicted octanol–water partition coefficient (Wildman–Crippen LogP) is 0.687. The number of carboxylic acids is 2. The molecule has 0 spiro atoms. The quantitative estimate of drug-likeness (QED) is 0.261. The number of aliphatic carboxylic acids is 2. The van der Waals surface area contributed by atoms with Gasteiger partial charge in [0, 0.05) is 32.1 Å². The highest BCUT2D eigenvalue weighted by Gasteiger charge is 2.17. The highest BCUT2D eigenvalue weighted by molar-refractivity contribution is 7.96. The van der Waals surface area contributed by atoms with E-state index in [0.29, 0.717) is 0 Å². The van der Waals surface area contributed by atoms with Crippen LogP contribution in [-0.4, -0.2) is 69.4 Å². The lowest BCUT2D eigenvalue weighted by atomic mass is 10.2. The average molecular weight is 441 g/mol. The van der Waals surface area contributed by atoms with E-state index in [9.17, 15) is 23.5 Å². The van der Waals surface area contributed by atoms with E-state index < -0.39 is 38.5 Å². The van der Waals surface area contributed by atoms with E-state index in [1.165, 1.54) is 6.66 Å². The molecule has 0 fully saturated rings. The topological polar surface area (TPSA) is 209 Å². The van der Waals surface area contributed by atoms with Gasteiger partial charge in [-0.15, -0.1) is 0 Å². The third kappa shape index (κ3) is 28.5. The highest BCUT2D eigenvalue weighted by Crippen LogP contribution is 2.36. The Bertz CT molecular complexity index is 540. The molecule has 0 heterocycles. The molecular weight excluding hydrogens is 418 g/mol. The van der Waals surface area contributed by atoms with Crippen LogP contribution in [0.5, 0.6) is 0 Å². The Balaban J connectivity index is -0.000000334. The number of carbonyl (C=O) groups excluding carboxylic acids is 1. The van der Waals surface area contributed by atoms with Gasteiger partial charge in [0.05, 0.1) is 0 Å². The van der Waals surface area contributed by atoms with Gasteiger partial charge in [-0.05, 0) is 15.3 Å². The third-order valence-corrected chi connectivity index (χ3v) is 4.31. The number of carbonyl (C=O) groups is 3. The molecule has 0 saturated heterocycles. The molecule has 0 saturated carbocycles. The summed E-state index contributed by atoms with van der Waals surface area (Å²) in [7, 11) is -4.27. The van der Waals surface area contributed by atoms with Crippen LogP contribution in [0.3, 0.4) is 0 Å². The van der Waals surface area contributed by atoms with Crippen molar-refractivity contribution in [2.75, 3.05) is 25.7 Å². The molecular formula is C10H23NO10P4. The van der Waals surface area contributed by atoms with E-state index >= 15 is 0 Å². The number of ketones is 1. The van der Waals surface area contributed by atoms with Gasteiger partial charge in [0.1, 0.15) is 6.04 Å². The van der Waals surface area contributed by atoms with E-state index in [1.807, 2.05) is 8.93 Å². The fourth-order valence-electron chi connectivity index (χ4n) is 0.918. The van der Waals surface area contributed by atoms with Gasteiger partial charge in [0.15, 0.2) is 22.9 Å². The number of hydrogen-bond donors (Lipinski definition) is 5. The van der Waals surface area contributed by atoms with Crippen LogP contribution in [0.2, 0.25) is 0 Å². The van der Waals surface area contributed by atoms with Crippen LogP contribution < -0.4 is 5.73 Å². The van der Waals surface area contributed by atoms with Gasteiger partial charge in [-0.3, -0.25) is 23.3 Å². The van der Waals surface area contributed by atoms with Crippen molar-refractivity contribution in [2.24, 2.45) is 5.73 Å². The highest BCUT2D eigenvalue weighted by atomic mass is 32.0. The second kappa shape index (κ2) is 14.6. The summed E-state index contributed by atoms with van der Waals surface area (Å²) in [5.74, 6) is -3.72. The molecule has 0 aromatic carbocycles. The second-order valence-corrected chi connectivity index (χ2v) is 10.8. The van der Waals surface area contributed by atoms with E-state index in [0.717, 1.165) is 6.66 Å². The third-order valence-electron chi connectivity index (χ3n) is 2.16. The molecule has 6 N–H and O–H groups in total. The second-order valence-electron chi connectivity index (χ2n) is 4.87. The SMILES string of the molecule is CP(=O)(O)CCC(=O)C(=O)O.CP(=O)(O)CC[C@H](N)C(=O)O.O=PP. The minimum absolute atomic E-state index is 0.0412. The maximum absolute atomic E-state index is 10.6. The Hall–Kier alpha value is -0.520. The maximum atomic E-state index is 10.6. The van der Waals surface area contributed by atoms with Crippen LogP contribution in [0.15, 0.2) is 0 Å². The van der Waals surface area contributed by atoms with Crippen LogP contribution in [-0.2, 0) is 28.1 Å². The zero-order valence-electron chi connectivity index (χ0n) is 13.6. The lowest BCUT2D eigenvalue weighted by Crippen LogP contribution is -2.30. The molecule has 4 atom stereocenters. The van der Waals surface area contributed by atoms with E-state index in [-0.39, 0.29) is 33.3 Å². The summed E-state index contributed by atoms with van der Waals surface area (Å²) >= 11 is 0. The van der Waals surface area contributed by atoms with Gasteiger partial charge in [-0.1, -0.05) is 0 Å². The van der Waals surface area contributed by atoms with Crippen molar-refractivity contribution in [3.63, 3.8) is 0 Å². The lowest BCUT2D eigenvalue weighted by Gasteiger charge is -2.07. The smallest absolute Gasteiger partial charge is 0.372 e. The summed E-state index contributed by atoms with van der Waals surface area (Å²) in [6.07, 6.45) is -0.641. The molecule has 3 unspecified atom stereocenters. The first-order valence-corrected chi connectivity index (χ1v) is 13.4. The van der Waals surface area contributed by atoms with Gasteiger partial charge in [0.25, 0.3) is 0 Å². The van der Waals surface area contributed by atoms with Crippen molar-refractivity contribution < 1.29 is 48.1 Å². The Kier molecular flexibility index (Phi) is 17.1. The van der Waals surface area contributed by atoms with Gasteiger partial charge in [-0.25, -0.2) is 4.79 Å². The normalized spacial score (nSPS) is 15.9. The summed E-state index contributed by atoms with van der Waals surface area (Å²) in [5, 5.41) is 16.3. The number of hydrogen-bond acceptors (Lipinski definition) is 7. The zero-order valence-corrected chi connectivity index (χ0v) is 17.5. The Morgan fingerprint density at radius 1 is 1.08 bits per heavy atom. The van der Waals surface area contributed by atoms with Crippen molar-refractivity contribution in [2.45, 2.75) is 18.9 Å². The molecule has 25 heavy (non-hydrogen) atoms.